The maximum Gasteiger partial charge on any atom is 0.277 e. The second-order valence-corrected chi connectivity index (χ2v) is 10.7. The van der Waals surface area contributed by atoms with E-state index in [1.54, 1.807) is 28.8 Å². The van der Waals surface area contributed by atoms with E-state index in [9.17, 15) is 9.90 Å². The second-order valence-electron chi connectivity index (χ2n) is 7.58. The Balaban J connectivity index is 1.29. The lowest BCUT2D eigenvalue weighted by Crippen LogP contribution is -2.27. The first-order valence-corrected chi connectivity index (χ1v) is 12.8. The quantitative estimate of drug-likeness (QED) is 0.255. The van der Waals surface area contributed by atoms with E-state index < -0.39 is 5.91 Å². The van der Waals surface area contributed by atoms with Gasteiger partial charge < -0.3 is 19.1 Å². The zero-order valence-corrected chi connectivity index (χ0v) is 20.3. The van der Waals surface area contributed by atoms with Gasteiger partial charge in [-0.3, -0.25) is 4.79 Å². The van der Waals surface area contributed by atoms with Crippen LogP contribution in [0.15, 0.2) is 87.1 Å². The molecule has 4 aromatic heterocycles. The molecule has 6 nitrogen and oxygen atoms in total. The minimum absolute atomic E-state index is 0.0324. The SMILES string of the molecule is CN1Sc2cc(-c3cccs3)sc2C(O)=C1C(=O)Nc1cccc(-c2cc3ccccc3o2)n1. The summed E-state index contributed by atoms with van der Waals surface area (Å²) in [6.07, 6.45) is 0. The van der Waals surface area contributed by atoms with E-state index in [-0.39, 0.29) is 11.5 Å². The van der Waals surface area contributed by atoms with Gasteiger partial charge in [0, 0.05) is 22.2 Å². The van der Waals surface area contributed by atoms with Crippen molar-refractivity contribution in [2.75, 3.05) is 12.4 Å². The van der Waals surface area contributed by atoms with Crippen molar-refractivity contribution in [3.05, 3.63) is 82.7 Å². The molecule has 1 aliphatic rings. The van der Waals surface area contributed by atoms with Gasteiger partial charge in [-0.05, 0) is 53.7 Å². The molecule has 1 aromatic carbocycles. The first kappa shape index (κ1) is 21.0. The van der Waals surface area contributed by atoms with Crippen LogP contribution in [0, 0.1) is 0 Å². The number of hydrogen-bond acceptors (Lipinski definition) is 8. The predicted molar refractivity (Wildman–Crippen MR) is 139 cm³/mol. The molecule has 5 aromatic rings. The molecule has 0 unspecified atom stereocenters. The third-order valence-corrected chi connectivity index (χ3v) is 8.65. The normalized spacial score (nSPS) is 13.4. The van der Waals surface area contributed by atoms with Crippen LogP contribution in [0.3, 0.4) is 0 Å². The summed E-state index contributed by atoms with van der Waals surface area (Å²) >= 11 is 4.54. The summed E-state index contributed by atoms with van der Waals surface area (Å²) in [4.78, 5) is 21.6. The third kappa shape index (κ3) is 3.67. The largest absolute Gasteiger partial charge is 0.504 e. The van der Waals surface area contributed by atoms with E-state index in [1.807, 2.05) is 60.0 Å². The minimum atomic E-state index is -0.432. The van der Waals surface area contributed by atoms with Crippen molar-refractivity contribution in [2.45, 2.75) is 4.90 Å². The number of fused-ring (bicyclic) bond motifs is 2. The molecule has 0 saturated carbocycles. The number of benzene rings is 1. The molecule has 0 aliphatic carbocycles. The van der Waals surface area contributed by atoms with Crippen LogP contribution in [0.5, 0.6) is 0 Å². The van der Waals surface area contributed by atoms with Crippen molar-refractivity contribution in [1.82, 2.24) is 9.29 Å². The van der Waals surface area contributed by atoms with Gasteiger partial charge in [-0.1, -0.05) is 30.3 Å². The van der Waals surface area contributed by atoms with Crippen molar-refractivity contribution in [1.29, 1.82) is 0 Å². The molecule has 0 spiro atoms. The molecule has 2 N–H and O–H groups in total. The number of nitrogens with zero attached hydrogens (tertiary/aromatic N) is 2. The van der Waals surface area contributed by atoms with Gasteiger partial charge in [-0.15, -0.1) is 22.7 Å². The summed E-state index contributed by atoms with van der Waals surface area (Å²) in [6.45, 7) is 0. The number of aliphatic hydroxyl groups excluding tert-OH is 1. The molecule has 0 radical (unpaired) electrons. The van der Waals surface area contributed by atoms with Gasteiger partial charge in [0.1, 0.15) is 17.1 Å². The monoisotopic (exact) mass is 503 g/mol. The van der Waals surface area contributed by atoms with Gasteiger partial charge >= 0.3 is 0 Å². The fourth-order valence-corrected chi connectivity index (χ4v) is 6.81. The highest BCUT2D eigenvalue weighted by atomic mass is 32.2. The van der Waals surface area contributed by atoms with Crippen molar-refractivity contribution in [2.24, 2.45) is 0 Å². The molecule has 34 heavy (non-hydrogen) atoms. The van der Waals surface area contributed by atoms with Crippen LogP contribution in [0.2, 0.25) is 0 Å². The summed E-state index contributed by atoms with van der Waals surface area (Å²) in [5.41, 5.74) is 1.58. The highest BCUT2D eigenvalue weighted by Crippen LogP contribution is 2.47. The number of anilines is 1. The number of aliphatic hydroxyl groups is 1. The van der Waals surface area contributed by atoms with Crippen molar-refractivity contribution < 1.29 is 14.3 Å². The highest BCUT2D eigenvalue weighted by Gasteiger charge is 2.31. The lowest BCUT2D eigenvalue weighted by Gasteiger charge is -2.25. The van der Waals surface area contributed by atoms with Crippen molar-refractivity contribution in [3.8, 4) is 21.2 Å². The maximum atomic E-state index is 13.2. The van der Waals surface area contributed by atoms with E-state index in [0.717, 1.165) is 25.6 Å². The van der Waals surface area contributed by atoms with E-state index in [4.69, 9.17) is 4.42 Å². The fraction of sp³-hybridized carbons (Fsp3) is 0.0400. The minimum Gasteiger partial charge on any atom is -0.504 e. The smallest absolute Gasteiger partial charge is 0.277 e. The van der Waals surface area contributed by atoms with Crippen molar-refractivity contribution in [3.63, 3.8) is 0 Å². The molecule has 1 amide bonds. The summed E-state index contributed by atoms with van der Waals surface area (Å²) in [5, 5.41) is 16.8. The topological polar surface area (TPSA) is 78.6 Å². The van der Waals surface area contributed by atoms with E-state index in [2.05, 4.69) is 16.4 Å². The number of likely N-dealkylation sites (N-methyl/N-ethyl adjacent to an activating group) is 1. The van der Waals surface area contributed by atoms with Crippen LogP contribution in [0.1, 0.15) is 4.88 Å². The van der Waals surface area contributed by atoms with Crippen molar-refractivity contribution >= 4 is 63.1 Å². The van der Waals surface area contributed by atoms with Gasteiger partial charge in [-0.25, -0.2) is 4.98 Å². The van der Waals surface area contributed by atoms with Crippen LogP contribution < -0.4 is 5.32 Å². The standard InChI is InChI=1S/C25H17N3O3S3/c1-28-22(23(29)24-20(34-28)13-19(33-24)18-9-5-11-32-18)25(30)27-21-10-4-7-15(26-21)17-12-14-6-2-3-8-16(14)31-17/h2-13,29H,1H3,(H,26,27,30). The Kier molecular flexibility index (Phi) is 5.17. The van der Waals surface area contributed by atoms with Crippen LogP contribution >= 0.6 is 34.6 Å². The first-order valence-electron chi connectivity index (χ1n) is 10.4. The third-order valence-electron chi connectivity index (χ3n) is 5.34. The maximum absolute atomic E-state index is 13.2. The molecule has 0 bridgehead atoms. The summed E-state index contributed by atoms with van der Waals surface area (Å²) in [5.74, 6) is 0.528. The van der Waals surface area contributed by atoms with Gasteiger partial charge in [0.2, 0.25) is 0 Å². The summed E-state index contributed by atoms with van der Waals surface area (Å²) in [7, 11) is 1.76. The highest BCUT2D eigenvalue weighted by molar-refractivity contribution is 7.97. The number of rotatable bonds is 4. The number of thiophene rings is 2. The lowest BCUT2D eigenvalue weighted by atomic mass is 10.2. The zero-order chi connectivity index (χ0) is 23.2. The fourth-order valence-electron chi connectivity index (χ4n) is 3.77. The zero-order valence-electron chi connectivity index (χ0n) is 17.8. The van der Waals surface area contributed by atoms with Crippen LogP contribution in [0.4, 0.5) is 5.82 Å². The van der Waals surface area contributed by atoms with Gasteiger partial charge in [0.15, 0.2) is 17.2 Å². The average Bonchev–Trinajstić information content (AvgIpc) is 3.58. The number of carbonyl (C=O) groups is 1. The Morgan fingerprint density at radius 2 is 1.94 bits per heavy atom. The Morgan fingerprint density at radius 3 is 2.76 bits per heavy atom. The van der Waals surface area contributed by atoms with Gasteiger partial charge in [0.25, 0.3) is 5.91 Å². The number of pyridine rings is 1. The molecule has 6 rings (SSSR count). The van der Waals surface area contributed by atoms with Crippen LogP contribution in [0.25, 0.3) is 37.9 Å². The molecule has 168 valence electrons. The number of para-hydroxylation sites is 1. The van der Waals surface area contributed by atoms with Gasteiger partial charge in [-0.2, -0.15) is 0 Å². The number of hydrogen-bond donors (Lipinski definition) is 2. The molecule has 1 aliphatic heterocycles. The number of amides is 1. The molecule has 0 fully saturated rings. The van der Waals surface area contributed by atoms with Gasteiger partial charge in [0.05, 0.1) is 9.77 Å². The Labute approximate surface area is 207 Å². The Morgan fingerprint density at radius 1 is 1.06 bits per heavy atom. The lowest BCUT2D eigenvalue weighted by molar-refractivity contribution is -0.113. The van der Waals surface area contributed by atoms with E-state index >= 15 is 0 Å². The molecular weight excluding hydrogens is 486 g/mol. The predicted octanol–water partition coefficient (Wildman–Crippen LogP) is 7.10. The van der Waals surface area contributed by atoms with E-state index in [0.29, 0.717) is 22.1 Å². The molecule has 5 heterocycles. The first-order chi connectivity index (χ1) is 16.6. The number of carbonyl (C=O) groups excluding carboxylic acids is 1. The van der Waals surface area contributed by atoms with E-state index in [1.165, 1.54) is 23.3 Å². The van der Waals surface area contributed by atoms with Crippen LogP contribution in [-0.2, 0) is 4.79 Å². The number of nitrogens with one attached hydrogen (secondary N) is 1. The Bertz CT molecular complexity index is 1530. The molecule has 0 atom stereocenters. The number of aromatic nitrogens is 1. The Hall–Kier alpha value is -3.53. The summed E-state index contributed by atoms with van der Waals surface area (Å²) in [6, 6.07) is 21.1. The molecular formula is C25H17N3O3S3. The molecule has 0 saturated heterocycles. The summed E-state index contributed by atoms with van der Waals surface area (Å²) < 4.78 is 7.58. The average molecular weight is 504 g/mol. The molecule has 9 heteroatoms. The van der Waals surface area contributed by atoms with Crippen LogP contribution in [-0.4, -0.2) is 27.4 Å². The second kappa shape index (κ2) is 8.35. The number of furan rings is 1.